The van der Waals surface area contributed by atoms with E-state index in [4.69, 9.17) is 0 Å². The second kappa shape index (κ2) is 6.67. The fraction of sp³-hybridized carbons (Fsp3) is 0.500. The molecule has 1 aliphatic heterocycles. The summed E-state index contributed by atoms with van der Waals surface area (Å²) >= 11 is 0. The Labute approximate surface area is 144 Å². The standard InChI is InChI=1S/C16H22N6O3/c1-10(2)20(3)13-5-4-11(6-17-13)7-21-9-14-18-19-16(25)22(14)8-12(21)15(23)24/h4-6,10,12H,7-9H2,1-3H3,(H,19,25)(H,23,24). The zero-order chi connectivity index (χ0) is 18.1. The number of aliphatic carboxylic acids is 1. The van der Waals surface area contributed by atoms with Crippen molar-refractivity contribution >= 4 is 11.8 Å². The molecule has 0 fully saturated rings. The van der Waals surface area contributed by atoms with Gasteiger partial charge in [0, 0.05) is 25.8 Å². The van der Waals surface area contributed by atoms with Crippen LogP contribution in [0, 0.1) is 0 Å². The highest BCUT2D eigenvalue weighted by Crippen LogP contribution is 2.19. The lowest BCUT2D eigenvalue weighted by atomic mass is 10.1. The number of anilines is 1. The third-order valence-corrected chi connectivity index (χ3v) is 4.59. The fourth-order valence-electron chi connectivity index (χ4n) is 2.86. The van der Waals surface area contributed by atoms with Gasteiger partial charge in [-0.3, -0.25) is 14.3 Å². The number of carboxylic acids is 1. The number of aromatic amines is 1. The van der Waals surface area contributed by atoms with Crippen LogP contribution in [0.5, 0.6) is 0 Å². The maximum absolute atomic E-state index is 11.7. The molecule has 0 bridgehead atoms. The normalized spacial score (nSPS) is 17.5. The van der Waals surface area contributed by atoms with Crippen LogP contribution < -0.4 is 10.6 Å². The van der Waals surface area contributed by atoms with Crippen LogP contribution in [0.2, 0.25) is 0 Å². The number of hydrogen-bond acceptors (Lipinski definition) is 6. The number of rotatable bonds is 5. The maximum Gasteiger partial charge on any atom is 0.343 e. The van der Waals surface area contributed by atoms with E-state index < -0.39 is 12.0 Å². The lowest BCUT2D eigenvalue weighted by molar-refractivity contribution is -0.145. The summed E-state index contributed by atoms with van der Waals surface area (Å²) in [6, 6.07) is 3.44. The molecule has 134 valence electrons. The lowest BCUT2D eigenvalue weighted by Gasteiger charge is -2.32. The van der Waals surface area contributed by atoms with Crippen molar-refractivity contribution in [2.45, 2.75) is 45.6 Å². The molecule has 0 aliphatic carbocycles. The van der Waals surface area contributed by atoms with Crippen LogP contribution in [-0.4, -0.2) is 54.9 Å². The molecule has 2 N–H and O–H groups in total. The van der Waals surface area contributed by atoms with Gasteiger partial charge in [0.2, 0.25) is 0 Å². The Balaban J connectivity index is 1.79. The van der Waals surface area contributed by atoms with Crippen molar-refractivity contribution in [3.8, 4) is 0 Å². The highest BCUT2D eigenvalue weighted by Gasteiger charge is 2.33. The molecule has 0 spiro atoms. The molecule has 3 heterocycles. The van der Waals surface area contributed by atoms with Gasteiger partial charge in [0.15, 0.2) is 0 Å². The van der Waals surface area contributed by atoms with Crippen molar-refractivity contribution in [2.75, 3.05) is 11.9 Å². The Kier molecular flexibility index (Phi) is 4.58. The Morgan fingerprint density at radius 3 is 2.84 bits per heavy atom. The first-order chi connectivity index (χ1) is 11.9. The Hall–Kier alpha value is -2.68. The van der Waals surface area contributed by atoms with Gasteiger partial charge in [0.05, 0.1) is 13.1 Å². The van der Waals surface area contributed by atoms with Crippen LogP contribution in [0.4, 0.5) is 5.82 Å². The minimum Gasteiger partial charge on any atom is -0.480 e. The third kappa shape index (κ3) is 3.41. The van der Waals surface area contributed by atoms with Crippen molar-refractivity contribution in [1.82, 2.24) is 24.6 Å². The smallest absolute Gasteiger partial charge is 0.343 e. The second-order valence-electron chi connectivity index (χ2n) is 6.54. The number of nitrogens with one attached hydrogen (secondary N) is 1. The SMILES string of the molecule is CC(C)N(C)c1ccc(CN2Cc3n[nH]c(=O)n3CC2C(=O)O)cn1. The molecule has 9 heteroatoms. The predicted molar refractivity (Wildman–Crippen MR) is 91.3 cm³/mol. The fourth-order valence-corrected chi connectivity index (χ4v) is 2.86. The van der Waals surface area contributed by atoms with E-state index in [2.05, 4.69) is 33.9 Å². The first-order valence-electron chi connectivity index (χ1n) is 8.15. The Morgan fingerprint density at radius 1 is 1.48 bits per heavy atom. The summed E-state index contributed by atoms with van der Waals surface area (Å²) in [6.45, 7) is 4.98. The van der Waals surface area contributed by atoms with Gasteiger partial charge in [-0.05, 0) is 25.5 Å². The molecule has 0 aromatic carbocycles. The summed E-state index contributed by atoms with van der Waals surface area (Å²) in [6.07, 6.45) is 1.76. The second-order valence-corrected chi connectivity index (χ2v) is 6.54. The van der Waals surface area contributed by atoms with Crippen LogP contribution in [0.25, 0.3) is 0 Å². The van der Waals surface area contributed by atoms with E-state index in [1.54, 1.807) is 11.1 Å². The summed E-state index contributed by atoms with van der Waals surface area (Å²) in [5, 5.41) is 15.8. The zero-order valence-electron chi connectivity index (χ0n) is 14.5. The number of pyridine rings is 1. The van der Waals surface area contributed by atoms with Gasteiger partial charge in [-0.1, -0.05) is 6.07 Å². The summed E-state index contributed by atoms with van der Waals surface area (Å²) in [7, 11) is 1.98. The molecule has 2 aromatic heterocycles. The molecule has 25 heavy (non-hydrogen) atoms. The molecule has 3 rings (SSSR count). The Morgan fingerprint density at radius 2 is 2.24 bits per heavy atom. The minimum atomic E-state index is -0.956. The highest BCUT2D eigenvalue weighted by molar-refractivity contribution is 5.73. The van der Waals surface area contributed by atoms with E-state index in [0.29, 0.717) is 25.0 Å². The molecule has 1 unspecified atom stereocenters. The van der Waals surface area contributed by atoms with Crippen LogP contribution in [-0.2, 0) is 24.4 Å². The number of carbonyl (C=O) groups is 1. The molecule has 0 saturated heterocycles. The van der Waals surface area contributed by atoms with E-state index in [0.717, 1.165) is 11.4 Å². The van der Waals surface area contributed by atoms with Crippen LogP contribution in [0.15, 0.2) is 23.1 Å². The molecule has 0 saturated carbocycles. The first-order valence-corrected chi connectivity index (χ1v) is 8.15. The van der Waals surface area contributed by atoms with E-state index in [-0.39, 0.29) is 12.2 Å². The summed E-state index contributed by atoms with van der Waals surface area (Å²) in [5.74, 6) is 0.461. The van der Waals surface area contributed by atoms with Crippen molar-refractivity contribution in [1.29, 1.82) is 0 Å². The quantitative estimate of drug-likeness (QED) is 0.800. The largest absolute Gasteiger partial charge is 0.480 e. The molecule has 0 amide bonds. The van der Waals surface area contributed by atoms with Gasteiger partial charge in [-0.2, -0.15) is 5.10 Å². The summed E-state index contributed by atoms with van der Waals surface area (Å²) in [4.78, 5) is 31.6. The minimum absolute atomic E-state index is 0.0849. The van der Waals surface area contributed by atoms with Crippen LogP contribution in [0.1, 0.15) is 25.2 Å². The lowest BCUT2D eigenvalue weighted by Crippen LogP contribution is -2.49. The maximum atomic E-state index is 11.7. The number of carboxylic acid groups (broad SMARTS) is 1. The van der Waals surface area contributed by atoms with E-state index in [1.807, 2.05) is 19.2 Å². The number of nitrogens with zero attached hydrogens (tertiary/aromatic N) is 5. The first kappa shape index (κ1) is 17.2. The summed E-state index contributed by atoms with van der Waals surface area (Å²) < 4.78 is 1.38. The summed E-state index contributed by atoms with van der Waals surface area (Å²) in [5.41, 5.74) is 0.544. The number of hydrogen-bond donors (Lipinski definition) is 2. The average molecular weight is 346 g/mol. The van der Waals surface area contributed by atoms with Gasteiger partial charge < -0.3 is 10.0 Å². The van der Waals surface area contributed by atoms with E-state index >= 15 is 0 Å². The van der Waals surface area contributed by atoms with Crippen LogP contribution >= 0.6 is 0 Å². The molecule has 1 atom stereocenters. The highest BCUT2D eigenvalue weighted by atomic mass is 16.4. The monoisotopic (exact) mass is 346 g/mol. The van der Waals surface area contributed by atoms with E-state index in [1.165, 1.54) is 4.57 Å². The average Bonchev–Trinajstić information content (AvgIpc) is 2.94. The predicted octanol–water partition coefficient (Wildman–Crippen LogP) is 0.280. The third-order valence-electron chi connectivity index (χ3n) is 4.59. The Bertz CT molecular complexity index is 810. The zero-order valence-corrected chi connectivity index (χ0v) is 14.5. The van der Waals surface area contributed by atoms with Crippen LogP contribution in [0.3, 0.4) is 0 Å². The number of aromatic nitrogens is 4. The van der Waals surface area contributed by atoms with Gasteiger partial charge in [0.25, 0.3) is 0 Å². The molecular weight excluding hydrogens is 324 g/mol. The van der Waals surface area contributed by atoms with Gasteiger partial charge >= 0.3 is 11.7 Å². The molecule has 1 aliphatic rings. The number of fused-ring (bicyclic) bond motifs is 1. The van der Waals surface area contributed by atoms with Crippen molar-refractivity contribution < 1.29 is 9.90 Å². The molecule has 2 aromatic rings. The van der Waals surface area contributed by atoms with Gasteiger partial charge in [0.1, 0.15) is 17.7 Å². The number of H-pyrrole nitrogens is 1. The molecule has 9 nitrogen and oxygen atoms in total. The van der Waals surface area contributed by atoms with E-state index in [9.17, 15) is 14.7 Å². The molecular formula is C16H22N6O3. The van der Waals surface area contributed by atoms with Crippen molar-refractivity contribution in [3.05, 3.63) is 40.2 Å². The molecule has 0 radical (unpaired) electrons. The van der Waals surface area contributed by atoms with Crippen molar-refractivity contribution in [2.24, 2.45) is 0 Å². The van der Waals surface area contributed by atoms with Gasteiger partial charge in [-0.25, -0.2) is 14.9 Å². The van der Waals surface area contributed by atoms with Crippen molar-refractivity contribution in [3.63, 3.8) is 0 Å². The topological polar surface area (TPSA) is 107 Å². The van der Waals surface area contributed by atoms with Gasteiger partial charge in [-0.15, -0.1) is 0 Å².